The average Bonchev–Trinajstić information content (AvgIpc) is 2.66. The van der Waals surface area contributed by atoms with E-state index in [1.807, 2.05) is 18.2 Å². The van der Waals surface area contributed by atoms with Gasteiger partial charge in [-0.25, -0.2) is 12.7 Å². The van der Waals surface area contributed by atoms with Crippen LogP contribution in [0, 0.1) is 0 Å². The van der Waals surface area contributed by atoms with Gasteiger partial charge in [0.05, 0.1) is 11.4 Å². The number of nitrogens with zero attached hydrogens (tertiary/aromatic N) is 1. The lowest BCUT2D eigenvalue weighted by Crippen LogP contribution is -2.38. The summed E-state index contributed by atoms with van der Waals surface area (Å²) in [6, 6.07) is 15.2. The van der Waals surface area contributed by atoms with Crippen molar-refractivity contribution in [1.29, 1.82) is 0 Å². The van der Waals surface area contributed by atoms with Crippen LogP contribution >= 0.6 is 0 Å². The van der Waals surface area contributed by atoms with Crippen LogP contribution in [0.25, 0.3) is 0 Å². The Morgan fingerprint density at radius 2 is 1.67 bits per heavy atom. The van der Waals surface area contributed by atoms with Gasteiger partial charge in [-0.15, -0.1) is 0 Å². The smallest absolute Gasteiger partial charge is 0.260 e. The molecular weight excluding hydrogens is 368 g/mol. The first-order valence-corrected chi connectivity index (χ1v) is 9.89. The number of amides is 1. The molecule has 1 N–H and O–H groups in total. The predicted octanol–water partition coefficient (Wildman–Crippen LogP) is 1.90. The summed E-state index contributed by atoms with van der Waals surface area (Å²) < 4.78 is 36.2. The summed E-state index contributed by atoms with van der Waals surface area (Å²) in [4.78, 5) is 12.2. The number of nitrogens with one attached hydrogen (secondary N) is 1. The third kappa shape index (κ3) is 5.97. The molecule has 146 valence electrons. The minimum atomic E-state index is -3.46. The summed E-state index contributed by atoms with van der Waals surface area (Å²) in [5, 5.41) is 2.73. The molecule has 0 spiro atoms. The highest BCUT2D eigenvalue weighted by Crippen LogP contribution is 2.18. The van der Waals surface area contributed by atoms with E-state index >= 15 is 0 Å². The van der Waals surface area contributed by atoms with Gasteiger partial charge in [0, 0.05) is 14.1 Å². The number of carbonyl (C=O) groups is 1. The first kappa shape index (κ1) is 20.7. The molecule has 1 amide bonds. The van der Waals surface area contributed by atoms with Crippen LogP contribution in [0.15, 0.2) is 59.5 Å². The zero-order valence-corrected chi connectivity index (χ0v) is 16.4. The second-order valence-corrected chi connectivity index (χ2v) is 8.12. The highest BCUT2D eigenvalue weighted by Gasteiger charge is 2.17. The van der Waals surface area contributed by atoms with Crippen molar-refractivity contribution in [3.8, 4) is 11.5 Å². The Labute approximate surface area is 160 Å². The SMILES string of the molecule is CC(Oc1ccccc1)C(=O)NCCOc1ccc(S(=O)(=O)N(C)C)cc1. The van der Waals surface area contributed by atoms with E-state index in [1.54, 1.807) is 31.2 Å². The molecular formula is C19H24N2O5S. The monoisotopic (exact) mass is 392 g/mol. The summed E-state index contributed by atoms with van der Waals surface area (Å²) in [7, 11) is -0.504. The summed E-state index contributed by atoms with van der Waals surface area (Å²) in [5.41, 5.74) is 0. The van der Waals surface area contributed by atoms with Crippen molar-refractivity contribution >= 4 is 15.9 Å². The molecule has 0 bridgehead atoms. The van der Waals surface area contributed by atoms with Gasteiger partial charge in [-0.2, -0.15) is 0 Å². The van der Waals surface area contributed by atoms with Crippen molar-refractivity contribution in [1.82, 2.24) is 9.62 Å². The standard InChI is InChI=1S/C19H24N2O5S/c1-15(26-17-7-5-4-6-8-17)19(22)20-13-14-25-16-9-11-18(12-10-16)27(23,24)21(2)3/h4-12,15H,13-14H2,1-3H3,(H,20,22). The molecule has 0 fully saturated rings. The molecule has 2 aromatic rings. The second kappa shape index (κ2) is 9.38. The van der Waals surface area contributed by atoms with Crippen LogP contribution < -0.4 is 14.8 Å². The van der Waals surface area contributed by atoms with Gasteiger partial charge in [0.15, 0.2) is 6.10 Å². The Morgan fingerprint density at radius 3 is 2.26 bits per heavy atom. The molecule has 7 nitrogen and oxygen atoms in total. The molecule has 1 atom stereocenters. The average molecular weight is 392 g/mol. The summed E-state index contributed by atoms with van der Waals surface area (Å²) in [6.07, 6.45) is -0.622. The minimum absolute atomic E-state index is 0.194. The van der Waals surface area contributed by atoms with E-state index in [9.17, 15) is 13.2 Å². The van der Waals surface area contributed by atoms with Crippen molar-refractivity contribution in [2.24, 2.45) is 0 Å². The molecule has 0 aromatic heterocycles. The Balaban J connectivity index is 1.75. The van der Waals surface area contributed by atoms with Gasteiger partial charge >= 0.3 is 0 Å². The van der Waals surface area contributed by atoms with E-state index in [0.29, 0.717) is 18.0 Å². The lowest BCUT2D eigenvalue weighted by Gasteiger charge is -2.15. The van der Waals surface area contributed by atoms with E-state index in [0.717, 1.165) is 4.31 Å². The van der Waals surface area contributed by atoms with Crippen LogP contribution in [0.4, 0.5) is 0 Å². The van der Waals surface area contributed by atoms with E-state index in [2.05, 4.69) is 5.32 Å². The van der Waals surface area contributed by atoms with Gasteiger partial charge < -0.3 is 14.8 Å². The number of hydrogen-bond donors (Lipinski definition) is 1. The largest absolute Gasteiger partial charge is 0.492 e. The van der Waals surface area contributed by atoms with Crippen molar-refractivity contribution in [3.05, 3.63) is 54.6 Å². The fourth-order valence-corrected chi connectivity index (χ4v) is 3.06. The molecule has 0 radical (unpaired) electrons. The maximum atomic E-state index is 12.0. The quantitative estimate of drug-likeness (QED) is 0.659. The number of ether oxygens (including phenoxy) is 2. The summed E-state index contributed by atoms with van der Waals surface area (Å²) in [6.45, 7) is 2.23. The zero-order valence-electron chi connectivity index (χ0n) is 15.6. The molecule has 0 saturated carbocycles. The third-order valence-corrected chi connectivity index (χ3v) is 5.53. The van der Waals surface area contributed by atoms with E-state index in [-0.39, 0.29) is 17.4 Å². The van der Waals surface area contributed by atoms with Crippen LogP contribution in [0.1, 0.15) is 6.92 Å². The molecule has 0 aliphatic carbocycles. The predicted molar refractivity (Wildman–Crippen MR) is 102 cm³/mol. The lowest BCUT2D eigenvalue weighted by molar-refractivity contribution is -0.127. The maximum absolute atomic E-state index is 12.0. The van der Waals surface area contributed by atoms with Crippen molar-refractivity contribution in [3.63, 3.8) is 0 Å². The summed E-state index contributed by atoms with van der Waals surface area (Å²) >= 11 is 0. The lowest BCUT2D eigenvalue weighted by atomic mass is 10.3. The molecule has 27 heavy (non-hydrogen) atoms. The van der Waals surface area contributed by atoms with Crippen molar-refractivity contribution < 1.29 is 22.7 Å². The number of para-hydroxylation sites is 1. The van der Waals surface area contributed by atoms with Gasteiger partial charge in [0.25, 0.3) is 5.91 Å². The number of benzene rings is 2. The van der Waals surface area contributed by atoms with Gasteiger partial charge in [-0.1, -0.05) is 18.2 Å². The Morgan fingerprint density at radius 1 is 1.04 bits per heavy atom. The number of carbonyl (C=O) groups excluding carboxylic acids is 1. The molecule has 0 saturated heterocycles. The molecule has 0 aliphatic heterocycles. The number of rotatable bonds is 9. The van der Waals surface area contributed by atoms with E-state index < -0.39 is 16.1 Å². The first-order valence-electron chi connectivity index (χ1n) is 8.45. The van der Waals surface area contributed by atoms with Crippen LogP contribution in [0.3, 0.4) is 0 Å². The van der Waals surface area contributed by atoms with Crippen LogP contribution in [0.2, 0.25) is 0 Å². The second-order valence-electron chi connectivity index (χ2n) is 5.97. The normalized spacial score (nSPS) is 12.4. The minimum Gasteiger partial charge on any atom is -0.492 e. The fourth-order valence-electron chi connectivity index (χ4n) is 2.16. The molecule has 1 unspecified atom stereocenters. The van der Waals surface area contributed by atoms with E-state index in [4.69, 9.17) is 9.47 Å². The van der Waals surface area contributed by atoms with Crippen molar-refractivity contribution in [2.75, 3.05) is 27.2 Å². The fraction of sp³-hybridized carbons (Fsp3) is 0.316. The maximum Gasteiger partial charge on any atom is 0.260 e. The molecule has 2 aromatic carbocycles. The van der Waals surface area contributed by atoms with Gasteiger partial charge in [0.1, 0.15) is 18.1 Å². The molecule has 0 aliphatic rings. The topological polar surface area (TPSA) is 84.9 Å². The number of hydrogen-bond acceptors (Lipinski definition) is 5. The van der Waals surface area contributed by atoms with Gasteiger partial charge in [0.2, 0.25) is 10.0 Å². The Kier molecular flexibility index (Phi) is 7.20. The third-order valence-electron chi connectivity index (χ3n) is 3.70. The van der Waals surface area contributed by atoms with Gasteiger partial charge in [-0.05, 0) is 43.3 Å². The van der Waals surface area contributed by atoms with Crippen LogP contribution in [0.5, 0.6) is 11.5 Å². The van der Waals surface area contributed by atoms with E-state index in [1.165, 1.54) is 26.2 Å². The number of sulfonamides is 1. The highest BCUT2D eigenvalue weighted by molar-refractivity contribution is 7.89. The molecule has 0 heterocycles. The Bertz CT molecular complexity index is 836. The molecule has 2 rings (SSSR count). The van der Waals surface area contributed by atoms with Gasteiger partial charge in [-0.3, -0.25) is 4.79 Å². The zero-order chi connectivity index (χ0) is 19.9. The van der Waals surface area contributed by atoms with Crippen LogP contribution in [-0.4, -0.2) is 52.0 Å². The Hall–Kier alpha value is -2.58. The molecule has 8 heteroatoms. The van der Waals surface area contributed by atoms with Crippen LogP contribution in [-0.2, 0) is 14.8 Å². The summed E-state index contributed by atoms with van der Waals surface area (Å²) in [5.74, 6) is 0.912. The van der Waals surface area contributed by atoms with Crippen molar-refractivity contribution in [2.45, 2.75) is 17.9 Å². The highest BCUT2D eigenvalue weighted by atomic mass is 32.2. The first-order chi connectivity index (χ1) is 12.8.